The van der Waals surface area contributed by atoms with E-state index in [4.69, 9.17) is 5.26 Å². The molecule has 0 spiro atoms. The predicted octanol–water partition coefficient (Wildman–Crippen LogP) is 2.52. The minimum absolute atomic E-state index is 0.525. The average molecular weight is 226 g/mol. The summed E-state index contributed by atoms with van der Waals surface area (Å²) in [5, 5.41) is 12.2. The molecule has 1 N–H and O–H groups in total. The molecule has 0 unspecified atom stereocenters. The van der Waals surface area contributed by atoms with Gasteiger partial charge in [-0.05, 0) is 25.0 Å². The van der Waals surface area contributed by atoms with Crippen LogP contribution in [-0.4, -0.2) is 16.4 Å². The molecule has 2 aromatic rings. The van der Waals surface area contributed by atoms with Crippen LogP contribution in [0.1, 0.15) is 36.7 Å². The maximum absolute atomic E-state index is 9.11. The second-order valence-corrected chi connectivity index (χ2v) is 4.48. The predicted molar refractivity (Wildman–Crippen MR) is 66.0 cm³/mol. The largest absolute Gasteiger partial charge is 0.387 e. The molecule has 2 aromatic heterocycles. The first kappa shape index (κ1) is 10.2. The number of nitrogens with zero attached hydrogens (tertiary/aromatic N) is 3. The molecular formula is C13H14N4. The van der Waals surface area contributed by atoms with Gasteiger partial charge in [0.1, 0.15) is 11.9 Å². The number of anilines is 1. The van der Waals surface area contributed by atoms with Crippen LogP contribution in [0, 0.1) is 11.3 Å². The van der Waals surface area contributed by atoms with Crippen molar-refractivity contribution in [2.24, 2.45) is 0 Å². The molecule has 0 aromatic carbocycles. The number of hydrogen-bond donors (Lipinski definition) is 1. The Morgan fingerprint density at radius 1 is 1.47 bits per heavy atom. The number of nitriles is 1. The fourth-order valence-electron chi connectivity index (χ4n) is 2.29. The first-order valence-corrected chi connectivity index (χ1v) is 5.93. The molecule has 4 nitrogen and oxygen atoms in total. The SMILES string of the molecule is CNc1ccc2c(C#N)nc(C3CCC3)n2c1. The molecule has 0 saturated heterocycles. The molecule has 1 saturated carbocycles. The highest BCUT2D eigenvalue weighted by molar-refractivity contribution is 5.62. The van der Waals surface area contributed by atoms with Crippen molar-refractivity contribution in [1.82, 2.24) is 9.38 Å². The quantitative estimate of drug-likeness (QED) is 0.856. The molecular weight excluding hydrogens is 212 g/mol. The van der Waals surface area contributed by atoms with Gasteiger partial charge in [-0.3, -0.25) is 0 Å². The summed E-state index contributed by atoms with van der Waals surface area (Å²) in [6.45, 7) is 0. The molecule has 3 rings (SSSR count). The van der Waals surface area contributed by atoms with Gasteiger partial charge < -0.3 is 9.72 Å². The Labute approximate surface area is 99.9 Å². The van der Waals surface area contributed by atoms with Crippen molar-refractivity contribution in [3.63, 3.8) is 0 Å². The summed E-state index contributed by atoms with van der Waals surface area (Å²) in [6.07, 6.45) is 5.67. The van der Waals surface area contributed by atoms with Crippen molar-refractivity contribution in [3.8, 4) is 6.07 Å². The van der Waals surface area contributed by atoms with Crippen molar-refractivity contribution in [2.75, 3.05) is 12.4 Å². The molecule has 86 valence electrons. The zero-order valence-corrected chi connectivity index (χ0v) is 9.77. The van der Waals surface area contributed by atoms with Crippen molar-refractivity contribution in [3.05, 3.63) is 29.8 Å². The van der Waals surface area contributed by atoms with Gasteiger partial charge in [0, 0.05) is 19.2 Å². The second kappa shape index (κ2) is 3.77. The normalized spacial score (nSPS) is 15.5. The molecule has 2 heterocycles. The van der Waals surface area contributed by atoms with Gasteiger partial charge in [0.15, 0.2) is 5.69 Å². The van der Waals surface area contributed by atoms with Gasteiger partial charge in [-0.25, -0.2) is 4.98 Å². The third-order valence-electron chi connectivity index (χ3n) is 3.53. The van der Waals surface area contributed by atoms with Crippen LogP contribution in [0.4, 0.5) is 5.69 Å². The van der Waals surface area contributed by atoms with Gasteiger partial charge in [-0.1, -0.05) is 6.42 Å². The Morgan fingerprint density at radius 3 is 2.88 bits per heavy atom. The summed E-state index contributed by atoms with van der Waals surface area (Å²) in [6, 6.07) is 6.11. The van der Waals surface area contributed by atoms with Gasteiger partial charge in [0.2, 0.25) is 0 Å². The van der Waals surface area contributed by atoms with Crippen LogP contribution < -0.4 is 5.32 Å². The van der Waals surface area contributed by atoms with Gasteiger partial charge in [-0.2, -0.15) is 5.26 Å². The number of rotatable bonds is 2. The Bertz CT molecular complexity index is 602. The van der Waals surface area contributed by atoms with Gasteiger partial charge in [0.05, 0.1) is 11.2 Å². The number of aromatic nitrogens is 2. The first-order chi connectivity index (χ1) is 8.33. The summed E-state index contributed by atoms with van der Waals surface area (Å²) in [5.74, 6) is 1.57. The number of imidazole rings is 1. The first-order valence-electron chi connectivity index (χ1n) is 5.93. The molecule has 0 radical (unpaired) electrons. The Hall–Kier alpha value is -2.02. The summed E-state index contributed by atoms with van der Waals surface area (Å²) in [7, 11) is 1.90. The van der Waals surface area contributed by atoms with Crippen LogP contribution >= 0.6 is 0 Å². The summed E-state index contributed by atoms with van der Waals surface area (Å²) in [5.41, 5.74) is 2.49. The lowest BCUT2D eigenvalue weighted by molar-refractivity contribution is 0.400. The van der Waals surface area contributed by atoms with E-state index in [0.29, 0.717) is 11.6 Å². The third kappa shape index (κ3) is 1.47. The smallest absolute Gasteiger partial charge is 0.166 e. The maximum Gasteiger partial charge on any atom is 0.166 e. The van der Waals surface area contributed by atoms with E-state index in [9.17, 15) is 0 Å². The zero-order chi connectivity index (χ0) is 11.8. The van der Waals surface area contributed by atoms with E-state index in [-0.39, 0.29) is 0 Å². The monoisotopic (exact) mass is 226 g/mol. The van der Waals surface area contributed by atoms with Crippen molar-refractivity contribution >= 4 is 11.2 Å². The molecule has 1 aliphatic rings. The van der Waals surface area contributed by atoms with E-state index < -0.39 is 0 Å². The number of nitrogens with one attached hydrogen (secondary N) is 1. The van der Waals surface area contributed by atoms with E-state index in [1.54, 1.807) is 0 Å². The summed E-state index contributed by atoms with van der Waals surface area (Å²) >= 11 is 0. The van der Waals surface area contributed by atoms with Crippen LogP contribution in [0.15, 0.2) is 18.3 Å². The zero-order valence-electron chi connectivity index (χ0n) is 9.77. The highest BCUT2D eigenvalue weighted by atomic mass is 15.0. The molecule has 0 amide bonds. The minimum Gasteiger partial charge on any atom is -0.387 e. The minimum atomic E-state index is 0.525. The molecule has 1 aliphatic carbocycles. The van der Waals surface area contributed by atoms with Crippen LogP contribution in [0.3, 0.4) is 0 Å². The molecule has 17 heavy (non-hydrogen) atoms. The lowest BCUT2D eigenvalue weighted by Gasteiger charge is -2.24. The molecule has 0 bridgehead atoms. The Morgan fingerprint density at radius 2 is 2.29 bits per heavy atom. The molecule has 4 heteroatoms. The fraction of sp³-hybridized carbons (Fsp3) is 0.385. The van der Waals surface area contributed by atoms with E-state index in [1.165, 1.54) is 19.3 Å². The Balaban J connectivity index is 2.22. The Kier molecular flexibility index (Phi) is 2.25. The number of pyridine rings is 1. The van der Waals surface area contributed by atoms with Crippen LogP contribution in [-0.2, 0) is 0 Å². The molecule has 0 aliphatic heterocycles. The number of hydrogen-bond acceptors (Lipinski definition) is 3. The highest BCUT2D eigenvalue weighted by Gasteiger charge is 2.25. The van der Waals surface area contributed by atoms with Gasteiger partial charge in [-0.15, -0.1) is 0 Å². The fourth-order valence-corrected chi connectivity index (χ4v) is 2.29. The van der Waals surface area contributed by atoms with E-state index in [2.05, 4.69) is 20.8 Å². The summed E-state index contributed by atoms with van der Waals surface area (Å²) < 4.78 is 2.06. The maximum atomic E-state index is 9.11. The van der Waals surface area contributed by atoms with Crippen molar-refractivity contribution in [2.45, 2.75) is 25.2 Å². The second-order valence-electron chi connectivity index (χ2n) is 4.48. The average Bonchev–Trinajstić information content (AvgIpc) is 2.65. The van der Waals surface area contributed by atoms with Crippen LogP contribution in [0.5, 0.6) is 0 Å². The van der Waals surface area contributed by atoms with E-state index in [0.717, 1.165) is 17.0 Å². The van der Waals surface area contributed by atoms with Crippen molar-refractivity contribution < 1.29 is 0 Å². The summed E-state index contributed by atoms with van der Waals surface area (Å²) in [4.78, 5) is 4.48. The van der Waals surface area contributed by atoms with Crippen LogP contribution in [0.25, 0.3) is 5.52 Å². The lowest BCUT2D eigenvalue weighted by Crippen LogP contribution is -2.12. The molecule has 1 fully saturated rings. The topological polar surface area (TPSA) is 53.1 Å². The number of fused-ring (bicyclic) bond motifs is 1. The van der Waals surface area contributed by atoms with Gasteiger partial charge >= 0.3 is 0 Å². The van der Waals surface area contributed by atoms with Crippen molar-refractivity contribution in [1.29, 1.82) is 5.26 Å². The highest BCUT2D eigenvalue weighted by Crippen LogP contribution is 2.36. The van der Waals surface area contributed by atoms with Crippen LogP contribution in [0.2, 0.25) is 0 Å². The molecule has 0 atom stereocenters. The van der Waals surface area contributed by atoms with E-state index >= 15 is 0 Å². The van der Waals surface area contributed by atoms with E-state index in [1.807, 2.05) is 25.4 Å². The standard InChI is InChI=1S/C13H14N4/c1-15-10-5-6-12-11(7-14)16-13(17(12)8-10)9-3-2-4-9/h5-6,8-9,15H,2-4H2,1H3. The van der Waals surface area contributed by atoms with Gasteiger partial charge in [0.25, 0.3) is 0 Å². The lowest BCUT2D eigenvalue weighted by atomic mass is 9.85. The third-order valence-corrected chi connectivity index (χ3v) is 3.53.